The van der Waals surface area contributed by atoms with E-state index in [1.807, 2.05) is 0 Å². The summed E-state index contributed by atoms with van der Waals surface area (Å²) in [5.74, 6) is -0.282. The summed E-state index contributed by atoms with van der Waals surface area (Å²) in [5, 5.41) is 2.78. The Kier molecular flexibility index (Phi) is 3.49. The van der Waals surface area contributed by atoms with Gasteiger partial charge in [0.15, 0.2) is 0 Å². The predicted molar refractivity (Wildman–Crippen MR) is 49.6 cm³/mol. The topological polar surface area (TPSA) is 21.3 Å². The first-order valence-corrected chi connectivity index (χ1v) is 4.21. The molecule has 0 fully saturated rings. The van der Waals surface area contributed by atoms with E-state index in [1.54, 1.807) is 19.2 Å². The number of hydrogen-bond donors (Lipinski definition) is 1. The van der Waals surface area contributed by atoms with Crippen LogP contribution in [0.1, 0.15) is 0 Å². The number of ether oxygens (including phenoxy) is 1. The zero-order valence-electron chi connectivity index (χ0n) is 6.60. The van der Waals surface area contributed by atoms with Crippen molar-refractivity contribution in [3.05, 3.63) is 28.5 Å². The standard InChI is InChI=1S/C8H9BrFNO/c1-12-5-11-8-4-6(9)2-3-7(8)10/h2-4,11H,5H2,1H3. The lowest BCUT2D eigenvalue weighted by Crippen LogP contribution is -2.04. The Bertz CT molecular complexity index is 267. The van der Waals surface area contributed by atoms with Crippen LogP contribution in [0.15, 0.2) is 22.7 Å². The van der Waals surface area contributed by atoms with Crippen molar-refractivity contribution in [3.8, 4) is 0 Å². The molecule has 0 amide bonds. The summed E-state index contributed by atoms with van der Waals surface area (Å²) in [6.45, 7) is 0.299. The van der Waals surface area contributed by atoms with Gasteiger partial charge in [0.2, 0.25) is 0 Å². The minimum atomic E-state index is -0.282. The first-order chi connectivity index (χ1) is 5.74. The van der Waals surface area contributed by atoms with Crippen molar-refractivity contribution >= 4 is 21.6 Å². The molecule has 0 aromatic heterocycles. The normalized spacial score (nSPS) is 9.92. The number of hydrogen-bond acceptors (Lipinski definition) is 2. The number of halogens is 2. The fraction of sp³-hybridized carbons (Fsp3) is 0.250. The largest absolute Gasteiger partial charge is 0.365 e. The monoisotopic (exact) mass is 233 g/mol. The van der Waals surface area contributed by atoms with Gasteiger partial charge in [-0.3, -0.25) is 0 Å². The van der Waals surface area contributed by atoms with Gasteiger partial charge in [-0.25, -0.2) is 4.39 Å². The number of nitrogens with one attached hydrogen (secondary N) is 1. The molecule has 0 atom stereocenters. The molecule has 0 aliphatic heterocycles. The second-order valence-corrected chi connectivity index (χ2v) is 3.15. The van der Waals surface area contributed by atoms with E-state index in [2.05, 4.69) is 21.2 Å². The van der Waals surface area contributed by atoms with Crippen LogP contribution in [0.5, 0.6) is 0 Å². The highest BCUT2D eigenvalue weighted by molar-refractivity contribution is 9.10. The van der Waals surface area contributed by atoms with Gasteiger partial charge in [0, 0.05) is 11.6 Å². The lowest BCUT2D eigenvalue weighted by molar-refractivity contribution is 0.221. The molecule has 0 aliphatic rings. The maximum absolute atomic E-state index is 13.0. The highest BCUT2D eigenvalue weighted by atomic mass is 79.9. The van der Waals surface area contributed by atoms with E-state index in [1.165, 1.54) is 6.07 Å². The molecule has 4 heteroatoms. The Morgan fingerprint density at radius 1 is 1.58 bits per heavy atom. The van der Waals surface area contributed by atoms with E-state index in [4.69, 9.17) is 4.74 Å². The molecule has 1 aromatic carbocycles. The molecule has 1 aromatic rings. The third-order valence-electron chi connectivity index (χ3n) is 1.34. The SMILES string of the molecule is COCNc1cc(Br)ccc1F. The van der Waals surface area contributed by atoms with Crippen LogP contribution in [-0.4, -0.2) is 13.8 Å². The van der Waals surface area contributed by atoms with Crippen molar-refractivity contribution < 1.29 is 9.13 Å². The summed E-state index contributed by atoms with van der Waals surface area (Å²) < 4.78 is 18.5. The van der Waals surface area contributed by atoms with Crippen LogP contribution >= 0.6 is 15.9 Å². The lowest BCUT2D eigenvalue weighted by atomic mass is 10.3. The van der Waals surface area contributed by atoms with Crippen molar-refractivity contribution in [2.75, 3.05) is 19.2 Å². The van der Waals surface area contributed by atoms with Crippen molar-refractivity contribution in [1.29, 1.82) is 0 Å². The number of benzene rings is 1. The number of methoxy groups -OCH3 is 1. The van der Waals surface area contributed by atoms with Gasteiger partial charge in [-0.15, -0.1) is 0 Å². The quantitative estimate of drug-likeness (QED) is 0.811. The van der Waals surface area contributed by atoms with Gasteiger partial charge in [-0.1, -0.05) is 15.9 Å². The van der Waals surface area contributed by atoms with Crippen LogP contribution in [0, 0.1) is 5.82 Å². The average molecular weight is 234 g/mol. The first kappa shape index (κ1) is 9.48. The Morgan fingerprint density at radius 2 is 2.33 bits per heavy atom. The molecule has 2 nitrogen and oxygen atoms in total. The molecule has 0 radical (unpaired) electrons. The molecule has 0 saturated heterocycles. The third kappa shape index (κ3) is 2.46. The van der Waals surface area contributed by atoms with E-state index < -0.39 is 0 Å². The van der Waals surface area contributed by atoms with E-state index in [0.717, 1.165) is 4.47 Å². The Hall–Kier alpha value is -0.610. The summed E-state index contributed by atoms with van der Waals surface area (Å²) in [7, 11) is 1.54. The Morgan fingerprint density at radius 3 is 3.00 bits per heavy atom. The number of rotatable bonds is 3. The van der Waals surface area contributed by atoms with Crippen LogP contribution in [0.3, 0.4) is 0 Å². The van der Waals surface area contributed by atoms with Gasteiger partial charge < -0.3 is 10.1 Å². The lowest BCUT2D eigenvalue weighted by Gasteiger charge is -2.05. The first-order valence-electron chi connectivity index (χ1n) is 3.42. The van der Waals surface area contributed by atoms with Crippen molar-refractivity contribution in [3.63, 3.8) is 0 Å². The van der Waals surface area contributed by atoms with Crippen LogP contribution in [0.4, 0.5) is 10.1 Å². The fourth-order valence-electron chi connectivity index (χ4n) is 0.783. The second-order valence-electron chi connectivity index (χ2n) is 2.23. The minimum absolute atomic E-state index is 0.282. The van der Waals surface area contributed by atoms with E-state index >= 15 is 0 Å². The summed E-state index contributed by atoms with van der Waals surface area (Å²) in [6.07, 6.45) is 0. The molecule has 0 saturated carbocycles. The van der Waals surface area contributed by atoms with Crippen LogP contribution < -0.4 is 5.32 Å². The summed E-state index contributed by atoms with van der Waals surface area (Å²) in [5.41, 5.74) is 0.436. The van der Waals surface area contributed by atoms with E-state index in [-0.39, 0.29) is 5.82 Å². The predicted octanol–water partition coefficient (Wildman–Crippen LogP) is 2.60. The molecule has 12 heavy (non-hydrogen) atoms. The van der Waals surface area contributed by atoms with Crippen molar-refractivity contribution in [1.82, 2.24) is 0 Å². The summed E-state index contributed by atoms with van der Waals surface area (Å²) in [6, 6.07) is 4.70. The van der Waals surface area contributed by atoms with Gasteiger partial charge in [0.25, 0.3) is 0 Å². The number of anilines is 1. The Balaban J connectivity index is 2.75. The zero-order chi connectivity index (χ0) is 8.97. The zero-order valence-corrected chi connectivity index (χ0v) is 8.19. The molecule has 1 N–H and O–H groups in total. The summed E-state index contributed by atoms with van der Waals surface area (Å²) >= 11 is 3.24. The average Bonchev–Trinajstić information content (AvgIpc) is 2.07. The van der Waals surface area contributed by atoms with Crippen LogP contribution in [0.2, 0.25) is 0 Å². The molecule has 66 valence electrons. The molecular formula is C8H9BrFNO. The molecule has 1 rings (SSSR count). The third-order valence-corrected chi connectivity index (χ3v) is 1.83. The Labute approximate surface area is 78.9 Å². The van der Waals surface area contributed by atoms with Crippen molar-refractivity contribution in [2.45, 2.75) is 0 Å². The van der Waals surface area contributed by atoms with Gasteiger partial charge >= 0.3 is 0 Å². The molecule has 0 unspecified atom stereocenters. The van der Waals surface area contributed by atoms with Crippen LogP contribution in [0.25, 0.3) is 0 Å². The maximum atomic E-state index is 13.0. The fourth-order valence-corrected chi connectivity index (χ4v) is 1.14. The highest BCUT2D eigenvalue weighted by Crippen LogP contribution is 2.19. The molecule has 0 heterocycles. The molecular weight excluding hydrogens is 225 g/mol. The smallest absolute Gasteiger partial charge is 0.146 e. The molecule has 0 aliphatic carbocycles. The van der Waals surface area contributed by atoms with E-state index in [9.17, 15) is 4.39 Å². The van der Waals surface area contributed by atoms with Crippen molar-refractivity contribution in [2.24, 2.45) is 0 Å². The minimum Gasteiger partial charge on any atom is -0.365 e. The summed E-state index contributed by atoms with van der Waals surface area (Å²) in [4.78, 5) is 0. The van der Waals surface area contributed by atoms with E-state index in [0.29, 0.717) is 12.4 Å². The van der Waals surface area contributed by atoms with Gasteiger partial charge in [0.05, 0.1) is 5.69 Å². The maximum Gasteiger partial charge on any atom is 0.146 e. The second kappa shape index (κ2) is 4.42. The molecule has 0 spiro atoms. The van der Waals surface area contributed by atoms with Gasteiger partial charge in [-0.2, -0.15) is 0 Å². The van der Waals surface area contributed by atoms with Gasteiger partial charge in [0.1, 0.15) is 12.5 Å². The van der Waals surface area contributed by atoms with Gasteiger partial charge in [-0.05, 0) is 18.2 Å². The highest BCUT2D eigenvalue weighted by Gasteiger charge is 2.00. The molecule has 0 bridgehead atoms. The van der Waals surface area contributed by atoms with Crippen LogP contribution in [-0.2, 0) is 4.74 Å².